The Hall–Kier alpha value is -0.890. The molecular formula is C12H13BrF3NO2S. The van der Waals surface area contributed by atoms with Gasteiger partial charge in [0.05, 0.1) is 11.1 Å². The van der Waals surface area contributed by atoms with Crippen molar-refractivity contribution in [2.75, 3.05) is 12.0 Å². The molecule has 0 bridgehead atoms. The lowest BCUT2D eigenvalue weighted by atomic mass is 10.1. The zero-order valence-electron chi connectivity index (χ0n) is 10.8. The van der Waals surface area contributed by atoms with Crippen LogP contribution in [-0.4, -0.2) is 28.2 Å². The van der Waals surface area contributed by atoms with E-state index in [0.29, 0.717) is 0 Å². The maximum absolute atomic E-state index is 12.9. The largest absolute Gasteiger partial charge is 0.417 e. The van der Waals surface area contributed by atoms with Crippen molar-refractivity contribution in [1.82, 2.24) is 5.32 Å². The Kier molecular flexibility index (Phi) is 5.76. The topological polar surface area (TPSA) is 46.2 Å². The first-order valence-electron chi connectivity index (χ1n) is 5.59. The van der Waals surface area contributed by atoms with Gasteiger partial charge in [0.1, 0.15) is 0 Å². The predicted octanol–water partition coefficient (Wildman–Crippen LogP) is 2.96. The van der Waals surface area contributed by atoms with Gasteiger partial charge in [0, 0.05) is 33.3 Å². The van der Waals surface area contributed by atoms with Crippen LogP contribution in [0.25, 0.3) is 0 Å². The van der Waals surface area contributed by atoms with E-state index < -0.39 is 40.1 Å². The molecule has 0 spiro atoms. The average Bonchev–Trinajstić information content (AvgIpc) is 2.25. The molecule has 20 heavy (non-hydrogen) atoms. The van der Waals surface area contributed by atoms with Crippen molar-refractivity contribution in [2.24, 2.45) is 0 Å². The molecule has 2 unspecified atom stereocenters. The molecule has 0 fully saturated rings. The number of carbonyl (C=O) groups is 1. The van der Waals surface area contributed by atoms with Crippen LogP contribution in [0.1, 0.15) is 22.8 Å². The van der Waals surface area contributed by atoms with Crippen LogP contribution in [0.3, 0.4) is 0 Å². The molecule has 112 valence electrons. The number of alkyl halides is 3. The quantitative estimate of drug-likeness (QED) is 0.884. The summed E-state index contributed by atoms with van der Waals surface area (Å²) in [7, 11) is -1.14. The minimum atomic E-state index is -4.62. The van der Waals surface area contributed by atoms with Crippen LogP contribution in [0.4, 0.5) is 13.2 Å². The van der Waals surface area contributed by atoms with E-state index in [0.717, 1.165) is 12.1 Å². The summed E-state index contributed by atoms with van der Waals surface area (Å²) >= 11 is 2.95. The molecule has 0 radical (unpaired) electrons. The molecule has 0 aliphatic heterocycles. The molecule has 1 amide bonds. The third kappa shape index (κ3) is 4.90. The fourth-order valence-electron chi connectivity index (χ4n) is 1.64. The second kappa shape index (κ2) is 6.71. The molecule has 0 saturated heterocycles. The molecule has 0 aliphatic carbocycles. The van der Waals surface area contributed by atoms with Crippen LogP contribution in [0.2, 0.25) is 0 Å². The van der Waals surface area contributed by atoms with Crippen molar-refractivity contribution in [1.29, 1.82) is 0 Å². The molecule has 0 saturated carbocycles. The Morgan fingerprint density at radius 2 is 2.05 bits per heavy atom. The third-order valence-corrected chi connectivity index (χ3v) is 3.86. The van der Waals surface area contributed by atoms with Gasteiger partial charge in [0.25, 0.3) is 5.91 Å². The van der Waals surface area contributed by atoms with E-state index in [1.54, 1.807) is 6.92 Å². The molecule has 0 aromatic heterocycles. The van der Waals surface area contributed by atoms with E-state index in [1.807, 2.05) is 0 Å². The van der Waals surface area contributed by atoms with Crippen LogP contribution >= 0.6 is 15.9 Å². The van der Waals surface area contributed by atoms with E-state index in [-0.39, 0.29) is 10.2 Å². The molecule has 1 aromatic carbocycles. The summed E-state index contributed by atoms with van der Waals surface area (Å²) in [4.78, 5) is 11.9. The first-order valence-corrected chi connectivity index (χ1v) is 8.11. The molecule has 1 rings (SSSR count). The van der Waals surface area contributed by atoms with Gasteiger partial charge in [0.15, 0.2) is 0 Å². The third-order valence-electron chi connectivity index (χ3n) is 2.39. The van der Waals surface area contributed by atoms with Gasteiger partial charge in [-0.2, -0.15) is 13.2 Å². The van der Waals surface area contributed by atoms with Gasteiger partial charge >= 0.3 is 6.18 Å². The van der Waals surface area contributed by atoms with Crippen LogP contribution < -0.4 is 5.32 Å². The van der Waals surface area contributed by atoms with Gasteiger partial charge in [-0.25, -0.2) is 0 Å². The number of nitrogens with one attached hydrogen (secondary N) is 1. The number of hydrogen-bond donors (Lipinski definition) is 1. The lowest BCUT2D eigenvalue weighted by molar-refractivity contribution is -0.138. The fourth-order valence-corrected chi connectivity index (χ4v) is 2.79. The lowest BCUT2D eigenvalue weighted by Gasteiger charge is -2.16. The van der Waals surface area contributed by atoms with Gasteiger partial charge < -0.3 is 5.32 Å². The zero-order chi connectivity index (χ0) is 15.5. The monoisotopic (exact) mass is 371 g/mol. The average molecular weight is 372 g/mol. The van der Waals surface area contributed by atoms with Gasteiger partial charge in [-0.15, -0.1) is 0 Å². The first kappa shape index (κ1) is 17.2. The van der Waals surface area contributed by atoms with E-state index in [1.165, 1.54) is 12.3 Å². The van der Waals surface area contributed by atoms with E-state index in [2.05, 4.69) is 21.2 Å². The Morgan fingerprint density at radius 1 is 1.45 bits per heavy atom. The molecule has 2 atom stereocenters. The van der Waals surface area contributed by atoms with Crippen molar-refractivity contribution < 1.29 is 22.2 Å². The van der Waals surface area contributed by atoms with Crippen molar-refractivity contribution >= 4 is 32.6 Å². The molecule has 1 N–H and O–H groups in total. The second-order valence-electron chi connectivity index (χ2n) is 4.30. The number of carbonyl (C=O) groups excluding carboxylic acids is 1. The number of rotatable bonds is 4. The molecule has 0 aliphatic rings. The van der Waals surface area contributed by atoms with Gasteiger partial charge in [0.2, 0.25) is 0 Å². The van der Waals surface area contributed by atoms with Crippen LogP contribution in [0.15, 0.2) is 22.7 Å². The maximum atomic E-state index is 12.9. The highest BCUT2D eigenvalue weighted by atomic mass is 79.9. The summed E-state index contributed by atoms with van der Waals surface area (Å²) in [5.74, 6) is -0.647. The van der Waals surface area contributed by atoms with Crippen molar-refractivity contribution in [3.8, 4) is 0 Å². The van der Waals surface area contributed by atoms with E-state index in [4.69, 9.17) is 0 Å². The molecule has 1 aromatic rings. The second-order valence-corrected chi connectivity index (χ2v) is 6.70. The smallest absolute Gasteiger partial charge is 0.349 e. The Bertz CT molecular complexity index is 534. The highest BCUT2D eigenvalue weighted by Crippen LogP contribution is 2.33. The van der Waals surface area contributed by atoms with Crippen LogP contribution in [0, 0.1) is 0 Å². The minimum Gasteiger partial charge on any atom is -0.349 e. The normalized spacial score (nSPS) is 14.7. The highest BCUT2D eigenvalue weighted by molar-refractivity contribution is 9.10. The fraction of sp³-hybridized carbons (Fsp3) is 0.417. The van der Waals surface area contributed by atoms with E-state index in [9.17, 15) is 22.2 Å². The minimum absolute atomic E-state index is 0.184. The maximum Gasteiger partial charge on any atom is 0.417 e. The number of hydrogen-bond acceptors (Lipinski definition) is 2. The van der Waals surface area contributed by atoms with Crippen molar-refractivity contribution in [2.45, 2.75) is 19.1 Å². The number of benzene rings is 1. The van der Waals surface area contributed by atoms with Crippen LogP contribution in [0.5, 0.6) is 0 Å². The van der Waals surface area contributed by atoms with Crippen LogP contribution in [-0.2, 0) is 17.0 Å². The van der Waals surface area contributed by atoms with E-state index >= 15 is 0 Å². The highest BCUT2D eigenvalue weighted by Gasteiger charge is 2.35. The SMILES string of the molecule is CC(CS(C)=O)NC(=O)c1ccc(Br)cc1C(F)(F)F. The molecule has 0 heterocycles. The standard InChI is InChI=1S/C12H13BrF3NO2S/c1-7(6-20(2)19)17-11(18)9-4-3-8(13)5-10(9)12(14,15)16/h3-5,7H,6H2,1-2H3,(H,17,18). The zero-order valence-corrected chi connectivity index (χ0v) is 13.2. The Balaban J connectivity index is 3.01. The lowest BCUT2D eigenvalue weighted by Crippen LogP contribution is -2.37. The molecule has 3 nitrogen and oxygen atoms in total. The Morgan fingerprint density at radius 3 is 2.55 bits per heavy atom. The summed E-state index contributed by atoms with van der Waals surface area (Å²) < 4.78 is 49.9. The summed E-state index contributed by atoms with van der Waals surface area (Å²) in [6, 6.07) is 2.86. The number of amides is 1. The summed E-state index contributed by atoms with van der Waals surface area (Å²) in [5.41, 5.74) is -1.45. The van der Waals surface area contributed by atoms with Gasteiger partial charge in [-0.05, 0) is 25.1 Å². The summed E-state index contributed by atoms with van der Waals surface area (Å²) in [6.07, 6.45) is -3.16. The predicted molar refractivity (Wildman–Crippen MR) is 75.0 cm³/mol. The summed E-state index contributed by atoms with van der Waals surface area (Å²) in [6.45, 7) is 1.59. The van der Waals surface area contributed by atoms with Gasteiger partial charge in [-0.1, -0.05) is 15.9 Å². The molecular weight excluding hydrogens is 359 g/mol. The van der Waals surface area contributed by atoms with Crippen molar-refractivity contribution in [3.05, 3.63) is 33.8 Å². The summed E-state index contributed by atoms with van der Waals surface area (Å²) in [5, 5.41) is 2.41. The van der Waals surface area contributed by atoms with Gasteiger partial charge in [-0.3, -0.25) is 9.00 Å². The molecule has 8 heteroatoms. The first-order chi connectivity index (χ1) is 9.11. The van der Waals surface area contributed by atoms with Crippen molar-refractivity contribution in [3.63, 3.8) is 0 Å². The number of halogens is 4. The Labute approximate surface area is 125 Å².